The number of carbonyl (C=O) groups excluding carboxylic acids is 2. The molecule has 0 spiro atoms. The SMILES string of the molecule is Cc1ccc(SCC(=O)Nc2sc3c(c2C(N)=O)CCOC3)c(C)c1. The second-order valence-corrected chi connectivity index (χ2v) is 8.10. The molecular weight excluding hydrogens is 356 g/mol. The third kappa shape index (κ3) is 4.05. The highest BCUT2D eigenvalue weighted by Gasteiger charge is 2.25. The van der Waals surface area contributed by atoms with E-state index in [1.54, 1.807) is 0 Å². The first-order valence-corrected chi connectivity index (χ1v) is 9.78. The highest BCUT2D eigenvalue weighted by Crippen LogP contribution is 2.36. The molecule has 3 rings (SSSR count). The topological polar surface area (TPSA) is 81.4 Å². The lowest BCUT2D eigenvalue weighted by atomic mass is 10.1. The van der Waals surface area contributed by atoms with Crippen molar-refractivity contribution < 1.29 is 14.3 Å². The summed E-state index contributed by atoms with van der Waals surface area (Å²) in [5.74, 6) is -0.370. The van der Waals surface area contributed by atoms with Crippen LogP contribution in [0.4, 0.5) is 5.00 Å². The third-order valence-electron chi connectivity index (χ3n) is 4.01. The fraction of sp³-hybridized carbons (Fsp3) is 0.333. The molecule has 0 aliphatic carbocycles. The molecule has 1 aromatic heterocycles. The molecule has 7 heteroatoms. The summed E-state index contributed by atoms with van der Waals surface area (Å²) in [6, 6.07) is 6.16. The predicted molar refractivity (Wildman–Crippen MR) is 101 cm³/mol. The molecular formula is C18H20N2O3S2. The van der Waals surface area contributed by atoms with E-state index in [1.165, 1.54) is 28.7 Å². The maximum absolute atomic E-state index is 12.3. The lowest BCUT2D eigenvalue weighted by molar-refractivity contribution is -0.113. The van der Waals surface area contributed by atoms with Gasteiger partial charge in [-0.05, 0) is 37.5 Å². The lowest BCUT2D eigenvalue weighted by Crippen LogP contribution is -2.20. The first kappa shape index (κ1) is 18.0. The number of hydrogen-bond acceptors (Lipinski definition) is 5. The van der Waals surface area contributed by atoms with E-state index >= 15 is 0 Å². The van der Waals surface area contributed by atoms with Crippen LogP contribution in [-0.4, -0.2) is 24.2 Å². The van der Waals surface area contributed by atoms with Crippen LogP contribution in [0.1, 0.15) is 31.9 Å². The molecule has 2 aromatic rings. The van der Waals surface area contributed by atoms with Crippen LogP contribution in [0.3, 0.4) is 0 Å². The van der Waals surface area contributed by atoms with Crippen molar-refractivity contribution in [2.45, 2.75) is 31.8 Å². The monoisotopic (exact) mass is 376 g/mol. The summed E-state index contributed by atoms with van der Waals surface area (Å²) in [7, 11) is 0. The molecule has 0 saturated heterocycles. The van der Waals surface area contributed by atoms with Crippen molar-refractivity contribution in [2.24, 2.45) is 5.73 Å². The number of thioether (sulfide) groups is 1. The van der Waals surface area contributed by atoms with E-state index in [2.05, 4.69) is 11.4 Å². The third-order valence-corrected chi connectivity index (χ3v) is 6.31. The second-order valence-electron chi connectivity index (χ2n) is 5.98. The molecule has 2 amide bonds. The van der Waals surface area contributed by atoms with Gasteiger partial charge in [-0.25, -0.2) is 0 Å². The smallest absolute Gasteiger partial charge is 0.251 e. The van der Waals surface area contributed by atoms with E-state index in [0.29, 0.717) is 30.2 Å². The molecule has 1 aliphatic rings. The average molecular weight is 377 g/mol. The van der Waals surface area contributed by atoms with Gasteiger partial charge in [-0.1, -0.05) is 17.7 Å². The van der Waals surface area contributed by atoms with Gasteiger partial charge >= 0.3 is 0 Å². The first-order valence-electron chi connectivity index (χ1n) is 7.97. The number of aryl methyl sites for hydroxylation is 2. The van der Waals surface area contributed by atoms with Crippen molar-refractivity contribution >= 4 is 39.9 Å². The number of thiophene rings is 1. The van der Waals surface area contributed by atoms with E-state index < -0.39 is 5.91 Å². The summed E-state index contributed by atoms with van der Waals surface area (Å²) >= 11 is 2.86. The Morgan fingerprint density at radius 3 is 2.88 bits per heavy atom. The maximum atomic E-state index is 12.3. The Morgan fingerprint density at radius 2 is 2.16 bits per heavy atom. The number of ether oxygens (including phenoxy) is 1. The molecule has 0 atom stereocenters. The van der Waals surface area contributed by atoms with Gasteiger partial charge in [-0.2, -0.15) is 0 Å². The van der Waals surface area contributed by atoms with Crippen LogP contribution >= 0.6 is 23.1 Å². The van der Waals surface area contributed by atoms with Gasteiger partial charge in [-0.15, -0.1) is 23.1 Å². The van der Waals surface area contributed by atoms with Gasteiger partial charge in [0, 0.05) is 9.77 Å². The molecule has 25 heavy (non-hydrogen) atoms. The normalized spacial score (nSPS) is 13.4. The fourth-order valence-electron chi connectivity index (χ4n) is 2.85. The van der Waals surface area contributed by atoms with Crippen LogP contribution in [0.5, 0.6) is 0 Å². The van der Waals surface area contributed by atoms with Crippen LogP contribution in [0, 0.1) is 13.8 Å². The van der Waals surface area contributed by atoms with Gasteiger partial charge < -0.3 is 15.8 Å². The summed E-state index contributed by atoms with van der Waals surface area (Å²) in [5, 5.41) is 3.39. The molecule has 2 heterocycles. The summed E-state index contributed by atoms with van der Waals surface area (Å²) in [6.07, 6.45) is 0.650. The summed E-state index contributed by atoms with van der Waals surface area (Å²) in [5.41, 5.74) is 9.23. The summed E-state index contributed by atoms with van der Waals surface area (Å²) in [4.78, 5) is 26.2. The standard InChI is InChI=1S/C18H20N2O3S2/c1-10-3-4-13(11(2)7-10)24-9-15(21)20-18-16(17(19)22)12-5-6-23-8-14(12)25-18/h3-4,7H,5-6,8-9H2,1-2H3,(H2,19,22)(H,20,21). The Hall–Kier alpha value is -1.83. The van der Waals surface area contributed by atoms with E-state index in [9.17, 15) is 9.59 Å². The number of primary amides is 1. The van der Waals surface area contributed by atoms with Gasteiger partial charge in [-0.3, -0.25) is 9.59 Å². The molecule has 132 valence electrons. The zero-order valence-electron chi connectivity index (χ0n) is 14.2. The summed E-state index contributed by atoms with van der Waals surface area (Å²) < 4.78 is 5.42. The average Bonchev–Trinajstić information content (AvgIpc) is 2.91. The molecule has 0 radical (unpaired) electrons. The Balaban J connectivity index is 1.70. The van der Waals surface area contributed by atoms with Gasteiger partial charge in [0.1, 0.15) is 5.00 Å². The van der Waals surface area contributed by atoms with Crippen molar-refractivity contribution in [3.63, 3.8) is 0 Å². The highest BCUT2D eigenvalue weighted by molar-refractivity contribution is 8.00. The Labute approximate surface area is 154 Å². The molecule has 3 N–H and O–H groups in total. The Morgan fingerprint density at radius 1 is 1.36 bits per heavy atom. The number of hydrogen-bond donors (Lipinski definition) is 2. The number of fused-ring (bicyclic) bond motifs is 1. The van der Waals surface area contributed by atoms with Gasteiger partial charge in [0.25, 0.3) is 5.91 Å². The Bertz CT molecular complexity index is 830. The molecule has 1 aromatic carbocycles. The molecule has 0 fully saturated rings. The molecule has 0 bridgehead atoms. The zero-order chi connectivity index (χ0) is 18.0. The van der Waals surface area contributed by atoms with Crippen LogP contribution in [0.2, 0.25) is 0 Å². The summed E-state index contributed by atoms with van der Waals surface area (Å²) in [6.45, 7) is 5.11. The molecule has 0 unspecified atom stereocenters. The number of carbonyl (C=O) groups is 2. The van der Waals surface area contributed by atoms with Crippen LogP contribution in [0.25, 0.3) is 0 Å². The number of nitrogens with one attached hydrogen (secondary N) is 1. The van der Waals surface area contributed by atoms with Gasteiger partial charge in [0.05, 0.1) is 24.5 Å². The minimum atomic E-state index is -0.503. The van der Waals surface area contributed by atoms with Crippen molar-refractivity contribution in [2.75, 3.05) is 17.7 Å². The maximum Gasteiger partial charge on any atom is 0.251 e. The van der Waals surface area contributed by atoms with E-state index in [4.69, 9.17) is 10.5 Å². The van der Waals surface area contributed by atoms with Crippen LogP contribution < -0.4 is 11.1 Å². The van der Waals surface area contributed by atoms with Crippen LogP contribution in [-0.2, 0) is 22.6 Å². The number of benzene rings is 1. The van der Waals surface area contributed by atoms with E-state index in [0.717, 1.165) is 20.9 Å². The minimum absolute atomic E-state index is 0.146. The zero-order valence-corrected chi connectivity index (χ0v) is 15.8. The molecule has 0 saturated carbocycles. The van der Waals surface area contributed by atoms with Crippen molar-refractivity contribution in [3.05, 3.63) is 45.3 Å². The molecule has 1 aliphatic heterocycles. The highest BCUT2D eigenvalue weighted by atomic mass is 32.2. The van der Waals surface area contributed by atoms with Crippen molar-refractivity contribution in [3.8, 4) is 0 Å². The van der Waals surface area contributed by atoms with Gasteiger partial charge in [0.2, 0.25) is 5.91 Å². The van der Waals surface area contributed by atoms with Crippen molar-refractivity contribution in [1.29, 1.82) is 0 Å². The van der Waals surface area contributed by atoms with E-state index in [-0.39, 0.29) is 11.7 Å². The number of anilines is 1. The fourth-order valence-corrected chi connectivity index (χ4v) is 4.86. The minimum Gasteiger partial charge on any atom is -0.376 e. The Kier molecular flexibility index (Phi) is 5.46. The number of nitrogens with two attached hydrogens (primary N) is 1. The first-order chi connectivity index (χ1) is 12.0. The predicted octanol–water partition coefficient (Wildman–Crippen LogP) is 3.27. The van der Waals surface area contributed by atoms with Crippen LogP contribution in [0.15, 0.2) is 23.1 Å². The second kappa shape index (κ2) is 7.59. The lowest BCUT2D eigenvalue weighted by Gasteiger charge is -2.12. The number of rotatable bonds is 5. The number of amides is 2. The van der Waals surface area contributed by atoms with Crippen molar-refractivity contribution in [1.82, 2.24) is 0 Å². The largest absolute Gasteiger partial charge is 0.376 e. The quantitative estimate of drug-likeness (QED) is 0.785. The van der Waals surface area contributed by atoms with Gasteiger partial charge in [0.15, 0.2) is 0 Å². The van der Waals surface area contributed by atoms with E-state index in [1.807, 2.05) is 26.0 Å². The molecule has 5 nitrogen and oxygen atoms in total.